The topological polar surface area (TPSA) is 74.3 Å². The smallest absolute Gasteiger partial charge is 0.274 e. The van der Waals surface area contributed by atoms with Crippen LogP contribution in [0.5, 0.6) is 5.75 Å². The van der Waals surface area contributed by atoms with Crippen molar-refractivity contribution in [3.63, 3.8) is 0 Å². The van der Waals surface area contributed by atoms with Crippen LogP contribution >= 0.6 is 0 Å². The highest BCUT2D eigenvalue weighted by atomic mass is 16.5. The molecule has 1 amide bonds. The zero-order chi connectivity index (χ0) is 17.4. The number of hydrogen-bond donors (Lipinski definition) is 1. The Morgan fingerprint density at radius 3 is 3.12 bits per heavy atom. The van der Waals surface area contributed by atoms with Gasteiger partial charge in [-0.15, -0.1) is 0 Å². The summed E-state index contributed by atoms with van der Waals surface area (Å²) in [5.74, 6) is 1.58. The number of aryl methyl sites for hydroxylation is 1. The van der Waals surface area contributed by atoms with Gasteiger partial charge in [0.25, 0.3) is 5.91 Å². The van der Waals surface area contributed by atoms with Crippen LogP contribution in [0.4, 0.5) is 5.82 Å². The minimum absolute atomic E-state index is 0.0150. The van der Waals surface area contributed by atoms with E-state index in [0.717, 1.165) is 48.5 Å². The Labute approximate surface area is 147 Å². The highest BCUT2D eigenvalue weighted by molar-refractivity contribution is 5.94. The molecule has 1 saturated heterocycles. The normalized spacial score (nSPS) is 19.1. The molecule has 1 aliphatic heterocycles. The zero-order valence-corrected chi connectivity index (χ0v) is 14.7. The third kappa shape index (κ3) is 2.94. The van der Waals surface area contributed by atoms with Crippen LogP contribution in [0.15, 0.2) is 18.3 Å². The Morgan fingerprint density at radius 1 is 1.40 bits per heavy atom. The van der Waals surface area contributed by atoms with E-state index in [-0.39, 0.29) is 12.0 Å². The number of carbonyl (C=O) groups excluding carboxylic acids is 1. The minimum atomic E-state index is -0.0150. The average Bonchev–Trinajstić information content (AvgIpc) is 3.31. The first-order valence-electron chi connectivity index (χ1n) is 8.78. The molecular formula is C18H23N5O2. The van der Waals surface area contributed by atoms with Gasteiger partial charge >= 0.3 is 0 Å². The molecule has 2 aliphatic rings. The molecule has 1 N–H and O–H groups in total. The molecule has 7 nitrogen and oxygen atoms in total. The van der Waals surface area contributed by atoms with Crippen LogP contribution < -0.4 is 9.64 Å². The van der Waals surface area contributed by atoms with Crippen LogP contribution in [-0.4, -0.2) is 59.3 Å². The molecule has 0 unspecified atom stereocenters. The number of nitrogens with one attached hydrogen (secondary N) is 1. The van der Waals surface area contributed by atoms with Gasteiger partial charge in [0.05, 0.1) is 6.54 Å². The number of ether oxygens (including phenoxy) is 1. The molecule has 0 aromatic carbocycles. The molecule has 2 aromatic heterocycles. The lowest BCUT2D eigenvalue weighted by Gasteiger charge is -2.20. The second-order valence-corrected chi connectivity index (χ2v) is 6.88. The van der Waals surface area contributed by atoms with Crippen molar-refractivity contribution in [2.75, 3.05) is 32.1 Å². The summed E-state index contributed by atoms with van der Waals surface area (Å²) in [6.45, 7) is 1.28. The number of amides is 1. The maximum Gasteiger partial charge on any atom is 0.274 e. The first-order chi connectivity index (χ1) is 12.1. The maximum atomic E-state index is 12.8. The second kappa shape index (κ2) is 6.38. The Morgan fingerprint density at radius 2 is 2.28 bits per heavy atom. The lowest BCUT2D eigenvalue weighted by molar-refractivity contribution is 0.0765. The van der Waals surface area contributed by atoms with Crippen molar-refractivity contribution in [3.8, 4) is 5.75 Å². The summed E-state index contributed by atoms with van der Waals surface area (Å²) in [6.07, 6.45) is 5.60. The molecule has 1 fully saturated rings. The summed E-state index contributed by atoms with van der Waals surface area (Å²) in [4.78, 5) is 21.0. The first kappa shape index (κ1) is 15.9. The third-order valence-corrected chi connectivity index (χ3v) is 4.91. The van der Waals surface area contributed by atoms with Crippen molar-refractivity contribution >= 4 is 11.7 Å². The van der Waals surface area contributed by atoms with Gasteiger partial charge in [0, 0.05) is 44.5 Å². The van der Waals surface area contributed by atoms with Crippen LogP contribution in [0, 0.1) is 0 Å². The van der Waals surface area contributed by atoms with Crippen molar-refractivity contribution in [3.05, 3.63) is 35.3 Å². The van der Waals surface area contributed by atoms with Gasteiger partial charge in [0.2, 0.25) is 0 Å². The molecule has 0 spiro atoms. The zero-order valence-electron chi connectivity index (χ0n) is 14.7. The molecule has 3 heterocycles. The Hall–Kier alpha value is -2.57. The quantitative estimate of drug-likeness (QED) is 0.915. The largest absolute Gasteiger partial charge is 0.485 e. The molecule has 1 aliphatic carbocycles. The number of rotatable bonds is 4. The van der Waals surface area contributed by atoms with E-state index in [1.54, 1.807) is 6.20 Å². The van der Waals surface area contributed by atoms with E-state index in [1.165, 1.54) is 0 Å². The summed E-state index contributed by atoms with van der Waals surface area (Å²) < 4.78 is 6.13. The van der Waals surface area contributed by atoms with E-state index in [2.05, 4.69) is 15.2 Å². The number of likely N-dealkylation sites (tertiary alicyclic amines) is 1. The number of nitrogens with zero attached hydrogens (tertiary/aromatic N) is 4. The van der Waals surface area contributed by atoms with Crippen molar-refractivity contribution in [1.82, 2.24) is 20.1 Å². The third-order valence-electron chi connectivity index (χ3n) is 4.91. The van der Waals surface area contributed by atoms with Crippen LogP contribution in [0.1, 0.15) is 34.6 Å². The molecule has 0 bridgehead atoms. The number of anilines is 1. The predicted octanol–water partition coefficient (Wildman–Crippen LogP) is 1.65. The fourth-order valence-corrected chi connectivity index (χ4v) is 3.64. The standard InChI is InChI=1S/C18H23N5O2/c1-22(2)17-15(7-4-9-19-17)25-12-8-10-23(11-12)18(24)16-13-5-3-6-14(13)20-21-16/h4,7,9,12H,3,5-6,8,10-11H2,1-2H3,(H,20,21)/t12-/m0/s1. The van der Waals surface area contributed by atoms with Gasteiger partial charge in [0.15, 0.2) is 17.3 Å². The van der Waals surface area contributed by atoms with E-state index in [4.69, 9.17) is 4.74 Å². The fourth-order valence-electron chi connectivity index (χ4n) is 3.64. The lowest BCUT2D eigenvalue weighted by atomic mass is 10.2. The van der Waals surface area contributed by atoms with Crippen molar-refractivity contribution < 1.29 is 9.53 Å². The van der Waals surface area contributed by atoms with E-state index >= 15 is 0 Å². The van der Waals surface area contributed by atoms with Gasteiger partial charge in [-0.2, -0.15) is 5.10 Å². The molecule has 1 atom stereocenters. The molecule has 2 aromatic rings. The van der Waals surface area contributed by atoms with E-state index < -0.39 is 0 Å². The monoisotopic (exact) mass is 341 g/mol. The summed E-state index contributed by atoms with van der Waals surface area (Å²) in [5, 5.41) is 7.27. The summed E-state index contributed by atoms with van der Waals surface area (Å²) in [6, 6.07) is 3.79. The van der Waals surface area contributed by atoms with E-state index in [0.29, 0.717) is 18.8 Å². The summed E-state index contributed by atoms with van der Waals surface area (Å²) >= 11 is 0. The maximum absolute atomic E-state index is 12.8. The van der Waals surface area contributed by atoms with Crippen LogP contribution in [0.3, 0.4) is 0 Å². The van der Waals surface area contributed by atoms with Gasteiger partial charge in [-0.1, -0.05) is 0 Å². The van der Waals surface area contributed by atoms with Crippen LogP contribution in [0.2, 0.25) is 0 Å². The minimum Gasteiger partial charge on any atom is -0.485 e. The lowest BCUT2D eigenvalue weighted by Crippen LogP contribution is -2.32. The van der Waals surface area contributed by atoms with E-state index in [1.807, 2.05) is 36.0 Å². The van der Waals surface area contributed by atoms with Crippen molar-refractivity contribution in [2.24, 2.45) is 0 Å². The number of H-pyrrole nitrogens is 1. The van der Waals surface area contributed by atoms with Crippen molar-refractivity contribution in [2.45, 2.75) is 31.8 Å². The molecule has 0 radical (unpaired) electrons. The average molecular weight is 341 g/mol. The number of hydrogen-bond acceptors (Lipinski definition) is 5. The van der Waals surface area contributed by atoms with Gasteiger partial charge in [-0.3, -0.25) is 9.89 Å². The van der Waals surface area contributed by atoms with Gasteiger partial charge in [0.1, 0.15) is 6.10 Å². The number of aromatic amines is 1. The molecule has 25 heavy (non-hydrogen) atoms. The predicted molar refractivity (Wildman–Crippen MR) is 94.1 cm³/mol. The SMILES string of the molecule is CN(C)c1ncccc1O[C@H]1CCN(C(=O)c2n[nH]c3c2CCC3)C1. The van der Waals surface area contributed by atoms with Crippen molar-refractivity contribution in [1.29, 1.82) is 0 Å². The number of fused-ring (bicyclic) bond motifs is 1. The molecular weight excluding hydrogens is 318 g/mol. The molecule has 0 saturated carbocycles. The highest BCUT2D eigenvalue weighted by Crippen LogP contribution is 2.28. The molecule has 7 heteroatoms. The van der Waals surface area contributed by atoms with Gasteiger partial charge < -0.3 is 14.5 Å². The van der Waals surface area contributed by atoms with Crippen LogP contribution in [-0.2, 0) is 12.8 Å². The molecule has 4 rings (SSSR count). The Balaban J connectivity index is 1.44. The van der Waals surface area contributed by atoms with Gasteiger partial charge in [-0.05, 0) is 31.4 Å². The second-order valence-electron chi connectivity index (χ2n) is 6.88. The molecule has 132 valence electrons. The summed E-state index contributed by atoms with van der Waals surface area (Å²) in [5.41, 5.74) is 2.83. The number of pyridine rings is 1. The fraction of sp³-hybridized carbons (Fsp3) is 0.500. The number of carbonyl (C=O) groups is 1. The van der Waals surface area contributed by atoms with Gasteiger partial charge in [-0.25, -0.2) is 4.98 Å². The number of aromatic nitrogens is 3. The Kier molecular flexibility index (Phi) is 4.07. The van der Waals surface area contributed by atoms with E-state index in [9.17, 15) is 4.79 Å². The Bertz CT molecular complexity index is 786. The first-order valence-corrected chi connectivity index (χ1v) is 8.78. The van der Waals surface area contributed by atoms with Crippen LogP contribution in [0.25, 0.3) is 0 Å². The summed E-state index contributed by atoms with van der Waals surface area (Å²) in [7, 11) is 3.88. The highest BCUT2D eigenvalue weighted by Gasteiger charge is 2.32.